The lowest BCUT2D eigenvalue weighted by atomic mass is 10.2. The molecule has 0 amide bonds. The van der Waals surface area contributed by atoms with E-state index in [0.717, 1.165) is 10.1 Å². The van der Waals surface area contributed by atoms with Gasteiger partial charge in [0.1, 0.15) is 5.75 Å². The van der Waals surface area contributed by atoms with Gasteiger partial charge in [0.2, 0.25) is 0 Å². The van der Waals surface area contributed by atoms with Crippen LogP contribution in [-0.2, 0) is 13.1 Å². The average Bonchev–Trinajstić information content (AvgIpc) is 3.15. The summed E-state index contributed by atoms with van der Waals surface area (Å²) in [5, 5.41) is 0. The van der Waals surface area contributed by atoms with Crippen LogP contribution in [0.1, 0.15) is 5.56 Å². The Morgan fingerprint density at radius 2 is 1.90 bits per heavy atom. The van der Waals surface area contributed by atoms with Crippen LogP contribution in [-0.4, -0.2) is 25.8 Å². The molecule has 7 nitrogen and oxygen atoms in total. The second-order valence-corrected chi connectivity index (χ2v) is 6.55. The van der Waals surface area contributed by atoms with Gasteiger partial charge in [-0.2, -0.15) is 0 Å². The molecule has 0 saturated carbocycles. The van der Waals surface area contributed by atoms with E-state index in [4.69, 9.17) is 4.74 Å². The molecule has 0 spiro atoms. The van der Waals surface area contributed by atoms with Gasteiger partial charge in [-0.1, -0.05) is 42.5 Å². The van der Waals surface area contributed by atoms with Crippen molar-refractivity contribution < 1.29 is 4.74 Å². The molecule has 2 aromatic carbocycles. The van der Waals surface area contributed by atoms with Gasteiger partial charge in [0.05, 0.1) is 19.1 Å². The van der Waals surface area contributed by atoms with Crippen LogP contribution in [0.25, 0.3) is 16.9 Å². The van der Waals surface area contributed by atoms with Crippen molar-refractivity contribution in [1.29, 1.82) is 0 Å². The van der Waals surface area contributed by atoms with Gasteiger partial charge in [-0.25, -0.2) is 14.3 Å². The molecule has 4 rings (SSSR count). The number of ether oxygens (including phenoxy) is 1. The van der Waals surface area contributed by atoms with Crippen LogP contribution in [0.4, 0.5) is 0 Å². The monoisotopic (exact) mass is 388 g/mol. The van der Waals surface area contributed by atoms with Crippen molar-refractivity contribution in [1.82, 2.24) is 18.7 Å². The number of nitrogens with zero attached hydrogens (tertiary/aromatic N) is 4. The zero-order valence-corrected chi connectivity index (χ0v) is 16.0. The molecule has 0 fully saturated rings. The van der Waals surface area contributed by atoms with E-state index < -0.39 is 11.2 Å². The van der Waals surface area contributed by atoms with Crippen molar-refractivity contribution in [3.8, 4) is 11.4 Å². The Labute approximate surface area is 166 Å². The highest BCUT2D eigenvalue weighted by Crippen LogP contribution is 2.19. The Balaban J connectivity index is 2.01. The van der Waals surface area contributed by atoms with Crippen LogP contribution >= 0.6 is 0 Å². The Morgan fingerprint density at radius 1 is 1.10 bits per heavy atom. The van der Waals surface area contributed by atoms with E-state index >= 15 is 0 Å². The van der Waals surface area contributed by atoms with Crippen molar-refractivity contribution >= 4 is 11.2 Å². The highest BCUT2D eigenvalue weighted by Gasteiger charge is 2.19. The fourth-order valence-corrected chi connectivity index (χ4v) is 3.35. The predicted molar refractivity (Wildman–Crippen MR) is 112 cm³/mol. The fraction of sp³-hybridized carbons (Fsp3) is 0.136. The first-order chi connectivity index (χ1) is 14.1. The molecule has 0 saturated heterocycles. The van der Waals surface area contributed by atoms with Gasteiger partial charge in [-0.15, -0.1) is 6.58 Å². The molecule has 0 unspecified atom stereocenters. The van der Waals surface area contributed by atoms with Gasteiger partial charge in [0.25, 0.3) is 5.56 Å². The van der Waals surface area contributed by atoms with Gasteiger partial charge in [0, 0.05) is 19.2 Å². The molecule has 0 atom stereocenters. The molecule has 29 heavy (non-hydrogen) atoms. The van der Waals surface area contributed by atoms with E-state index in [0.29, 0.717) is 29.1 Å². The highest BCUT2D eigenvalue weighted by atomic mass is 16.5. The minimum Gasteiger partial charge on any atom is -0.497 e. The molecule has 0 aliphatic rings. The van der Waals surface area contributed by atoms with E-state index in [9.17, 15) is 9.59 Å². The summed E-state index contributed by atoms with van der Waals surface area (Å²) >= 11 is 0. The summed E-state index contributed by atoms with van der Waals surface area (Å²) < 4.78 is 9.65. The van der Waals surface area contributed by atoms with Crippen molar-refractivity contribution in [2.75, 3.05) is 7.11 Å². The van der Waals surface area contributed by atoms with Gasteiger partial charge in [-0.05, 0) is 17.7 Å². The number of benzene rings is 2. The van der Waals surface area contributed by atoms with E-state index in [-0.39, 0.29) is 6.54 Å². The van der Waals surface area contributed by atoms with E-state index in [2.05, 4.69) is 11.6 Å². The molecule has 0 N–H and O–H groups in total. The first kappa shape index (κ1) is 18.5. The number of rotatable bonds is 6. The lowest BCUT2D eigenvalue weighted by molar-refractivity contribution is 0.414. The summed E-state index contributed by atoms with van der Waals surface area (Å²) in [5.41, 5.74) is 1.41. The Bertz CT molecular complexity index is 1300. The molecule has 2 heterocycles. The first-order valence-electron chi connectivity index (χ1n) is 9.14. The Kier molecular flexibility index (Phi) is 4.87. The summed E-state index contributed by atoms with van der Waals surface area (Å²) in [5.74, 6) is 0.604. The zero-order valence-electron chi connectivity index (χ0n) is 16.0. The van der Waals surface area contributed by atoms with Crippen molar-refractivity contribution in [2.24, 2.45) is 0 Å². The van der Waals surface area contributed by atoms with E-state index in [1.165, 1.54) is 10.6 Å². The summed E-state index contributed by atoms with van der Waals surface area (Å²) in [4.78, 5) is 30.7. The van der Waals surface area contributed by atoms with Crippen LogP contribution in [0.15, 0.2) is 83.2 Å². The molecule has 0 bridgehead atoms. The normalized spacial score (nSPS) is 10.9. The van der Waals surface area contributed by atoms with Gasteiger partial charge in [-0.3, -0.25) is 9.36 Å². The molecule has 2 aromatic heterocycles. The molecule has 0 radical (unpaired) electrons. The largest absolute Gasteiger partial charge is 0.497 e. The fourth-order valence-electron chi connectivity index (χ4n) is 3.35. The van der Waals surface area contributed by atoms with Crippen LogP contribution in [0.2, 0.25) is 0 Å². The number of imidazole rings is 1. The number of hydrogen-bond donors (Lipinski definition) is 0. The molecular formula is C22H20N4O3. The predicted octanol–water partition coefficient (Wildman–Crippen LogP) is 2.59. The maximum atomic E-state index is 13.1. The molecule has 7 heteroatoms. The van der Waals surface area contributed by atoms with Crippen molar-refractivity contribution in [2.45, 2.75) is 13.1 Å². The number of methoxy groups -OCH3 is 1. The maximum absolute atomic E-state index is 13.1. The SMILES string of the molecule is C=CCn1c(=O)c2c(ncn2Cc2ccccc2)n(-c2cccc(OC)c2)c1=O. The van der Waals surface area contributed by atoms with Gasteiger partial charge in [0.15, 0.2) is 11.2 Å². The third kappa shape index (κ3) is 3.27. The molecule has 0 aliphatic carbocycles. The quantitative estimate of drug-likeness (QED) is 0.476. The second kappa shape index (κ2) is 7.63. The number of aromatic nitrogens is 4. The summed E-state index contributed by atoms with van der Waals surface area (Å²) in [6, 6.07) is 16.9. The summed E-state index contributed by atoms with van der Waals surface area (Å²) in [7, 11) is 1.56. The Morgan fingerprint density at radius 3 is 2.62 bits per heavy atom. The van der Waals surface area contributed by atoms with Crippen molar-refractivity contribution in [3.05, 3.63) is 100.0 Å². The average molecular weight is 388 g/mol. The van der Waals surface area contributed by atoms with Crippen LogP contribution in [0.3, 0.4) is 0 Å². The minimum atomic E-state index is -0.472. The third-order valence-corrected chi connectivity index (χ3v) is 4.72. The van der Waals surface area contributed by atoms with E-state index in [1.807, 2.05) is 30.3 Å². The zero-order chi connectivity index (χ0) is 20.4. The minimum absolute atomic E-state index is 0.105. The third-order valence-electron chi connectivity index (χ3n) is 4.72. The first-order valence-corrected chi connectivity index (χ1v) is 9.14. The standard InChI is InChI=1S/C22H20N4O3/c1-3-12-25-21(27)19-20(23-15-24(19)14-16-8-5-4-6-9-16)26(22(25)28)17-10-7-11-18(13-17)29-2/h3-11,13,15H,1,12,14H2,2H3. The molecular weight excluding hydrogens is 368 g/mol. The van der Waals surface area contributed by atoms with Crippen LogP contribution in [0.5, 0.6) is 5.75 Å². The Hall–Kier alpha value is -3.87. The lowest BCUT2D eigenvalue weighted by Gasteiger charge is -2.12. The number of fused-ring (bicyclic) bond motifs is 1. The van der Waals surface area contributed by atoms with Gasteiger partial charge < -0.3 is 9.30 Å². The molecule has 4 aromatic rings. The summed E-state index contributed by atoms with van der Waals surface area (Å²) in [6.07, 6.45) is 3.12. The number of allylic oxidation sites excluding steroid dienone is 1. The second-order valence-electron chi connectivity index (χ2n) is 6.55. The van der Waals surface area contributed by atoms with Crippen LogP contribution < -0.4 is 16.0 Å². The van der Waals surface area contributed by atoms with Crippen molar-refractivity contribution in [3.63, 3.8) is 0 Å². The lowest BCUT2D eigenvalue weighted by Crippen LogP contribution is -2.39. The van der Waals surface area contributed by atoms with E-state index in [1.54, 1.807) is 42.3 Å². The number of hydrogen-bond acceptors (Lipinski definition) is 4. The van der Waals surface area contributed by atoms with Crippen LogP contribution in [0, 0.1) is 0 Å². The maximum Gasteiger partial charge on any atom is 0.337 e. The smallest absolute Gasteiger partial charge is 0.337 e. The highest BCUT2D eigenvalue weighted by molar-refractivity contribution is 5.72. The summed E-state index contributed by atoms with van der Waals surface area (Å²) in [6.45, 7) is 4.25. The molecule has 146 valence electrons. The molecule has 0 aliphatic heterocycles. The van der Waals surface area contributed by atoms with Gasteiger partial charge >= 0.3 is 5.69 Å². The topological polar surface area (TPSA) is 71.1 Å².